The average Bonchev–Trinajstić information content (AvgIpc) is 3.26. The molecule has 1 aliphatic rings. The van der Waals surface area contributed by atoms with Crippen molar-refractivity contribution in [2.45, 2.75) is 19.6 Å². The van der Waals surface area contributed by atoms with Crippen LogP contribution in [0.15, 0.2) is 82.7 Å². The number of amides is 1. The summed E-state index contributed by atoms with van der Waals surface area (Å²) in [5.74, 6) is -0.0580. The maximum atomic E-state index is 13.6. The molecule has 0 bridgehead atoms. The summed E-state index contributed by atoms with van der Waals surface area (Å²) < 4.78 is 48.9. The van der Waals surface area contributed by atoms with Crippen LogP contribution in [0.1, 0.15) is 16.8 Å². The predicted octanol–water partition coefficient (Wildman–Crippen LogP) is 5.09. The van der Waals surface area contributed by atoms with Crippen molar-refractivity contribution in [2.24, 2.45) is 5.10 Å². The first-order valence-electron chi connectivity index (χ1n) is 13.4. The number of hydrogen-bond acceptors (Lipinski definition) is 5. The molecule has 8 nitrogen and oxygen atoms in total. The molecule has 3 heterocycles. The molecule has 0 saturated carbocycles. The minimum absolute atomic E-state index is 0.0232. The smallest absolute Gasteiger partial charge is 0.378 e. The van der Waals surface area contributed by atoms with Gasteiger partial charge in [-0.1, -0.05) is 42.5 Å². The van der Waals surface area contributed by atoms with Crippen molar-refractivity contribution < 1.29 is 22.7 Å². The largest absolute Gasteiger partial charge is 0.416 e. The predicted molar refractivity (Wildman–Crippen MR) is 154 cm³/mol. The Kier molecular flexibility index (Phi) is 7.11. The van der Waals surface area contributed by atoms with Gasteiger partial charge in [-0.15, -0.1) is 0 Å². The first-order chi connectivity index (χ1) is 20.2. The Labute approximate surface area is 238 Å². The Hall–Kier alpha value is -4.77. The number of carbonyl (C=O) groups is 1. The number of aromatic nitrogens is 3. The summed E-state index contributed by atoms with van der Waals surface area (Å²) >= 11 is 0. The van der Waals surface area contributed by atoms with E-state index in [1.54, 1.807) is 29.2 Å². The zero-order chi connectivity index (χ0) is 29.4. The maximum Gasteiger partial charge on any atom is 0.416 e. The number of carbonyl (C=O) groups excluding carboxylic acids is 1. The van der Waals surface area contributed by atoms with Crippen molar-refractivity contribution in [1.29, 1.82) is 0 Å². The highest BCUT2D eigenvalue weighted by Crippen LogP contribution is 2.32. The van der Waals surface area contributed by atoms with Crippen LogP contribution in [0, 0.1) is 6.92 Å². The molecule has 1 fully saturated rings. The molecule has 0 spiro atoms. The molecule has 214 valence electrons. The van der Waals surface area contributed by atoms with Crippen LogP contribution >= 0.6 is 0 Å². The van der Waals surface area contributed by atoms with Gasteiger partial charge in [0.2, 0.25) is 5.91 Å². The second-order valence-corrected chi connectivity index (χ2v) is 9.99. The highest BCUT2D eigenvalue weighted by molar-refractivity contribution is 6.01. The SMILES string of the molecule is Cc1c(C=Nn2c(-c3cccc(C(F)(F)F)c3)nc3ccccc3c2=O)c2ccccc2n1CC(=O)N1CCOCC1. The fourth-order valence-corrected chi connectivity index (χ4v) is 5.24. The molecule has 42 heavy (non-hydrogen) atoms. The summed E-state index contributed by atoms with van der Waals surface area (Å²) in [6.07, 6.45) is -3.07. The minimum Gasteiger partial charge on any atom is -0.378 e. The molecule has 0 unspecified atom stereocenters. The van der Waals surface area contributed by atoms with Gasteiger partial charge < -0.3 is 14.2 Å². The van der Waals surface area contributed by atoms with Gasteiger partial charge in [-0.25, -0.2) is 4.98 Å². The van der Waals surface area contributed by atoms with Crippen LogP contribution in [0.2, 0.25) is 0 Å². The molecule has 0 N–H and O–H groups in total. The molecule has 11 heteroatoms. The number of morpholine rings is 1. The third kappa shape index (κ3) is 5.07. The van der Waals surface area contributed by atoms with Crippen LogP contribution in [-0.2, 0) is 22.3 Å². The molecule has 6 rings (SSSR count). The van der Waals surface area contributed by atoms with Crippen molar-refractivity contribution in [3.05, 3.63) is 100.0 Å². The van der Waals surface area contributed by atoms with E-state index in [4.69, 9.17) is 4.74 Å². The maximum absolute atomic E-state index is 13.6. The normalized spacial score (nSPS) is 14.3. The quantitative estimate of drug-likeness (QED) is 0.275. The number of halogens is 3. The monoisotopic (exact) mass is 573 g/mol. The Balaban J connectivity index is 1.48. The first kappa shape index (κ1) is 27.4. The fraction of sp³-hybridized carbons (Fsp3) is 0.226. The number of alkyl halides is 3. The van der Waals surface area contributed by atoms with Crippen LogP contribution in [0.4, 0.5) is 13.2 Å². The highest BCUT2D eigenvalue weighted by Gasteiger charge is 2.31. The van der Waals surface area contributed by atoms with Gasteiger partial charge in [-0.2, -0.15) is 22.9 Å². The number of para-hydroxylation sites is 2. The number of fused-ring (bicyclic) bond motifs is 2. The summed E-state index contributed by atoms with van der Waals surface area (Å²) in [5, 5.41) is 5.59. The standard InChI is InChI=1S/C31H26F3N5O3/c1-20-25(23-9-3-5-12-27(23)38(20)19-28(40)37-13-15-42-16-14-37)18-35-39-29(21-7-6-8-22(17-21)31(32,33)34)36-26-11-4-2-10-24(26)30(39)41/h2-12,17-18H,13-16,19H2,1H3. The minimum atomic E-state index is -4.57. The van der Waals surface area contributed by atoms with Crippen molar-refractivity contribution in [3.8, 4) is 11.4 Å². The van der Waals surface area contributed by atoms with Crippen molar-refractivity contribution >= 4 is 33.9 Å². The molecular weight excluding hydrogens is 547 g/mol. The van der Waals surface area contributed by atoms with Crippen LogP contribution in [0.5, 0.6) is 0 Å². The molecule has 1 aliphatic heterocycles. The van der Waals surface area contributed by atoms with Gasteiger partial charge in [-0.05, 0) is 37.3 Å². The molecule has 3 aromatic carbocycles. The summed E-state index contributed by atoms with van der Waals surface area (Å²) in [6.45, 7) is 4.04. The van der Waals surface area contributed by atoms with Crippen LogP contribution in [0.3, 0.4) is 0 Å². The summed E-state index contributed by atoms with van der Waals surface area (Å²) in [4.78, 5) is 33.0. The summed E-state index contributed by atoms with van der Waals surface area (Å²) in [5.41, 5.74) is 1.31. The molecule has 0 radical (unpaired) electrons. The van der Waals surface area contributed by atoms with Crippen LogP contribution in [0.25, 0.3) is 33.2 Å². The van der Waals surface area contributed by atoms with Gasteiger partial charge in [0, 0.05) is 40.8 Å². The zero-order valence-electron chi connectivity index (χ0n) is 22.6. The summed E-state index contributed by atoms with van der Waals surface area (Å²) in [6, 6.07) is 18.8. The number of hydrogen-bond donors (Lipinski definition) is 0. The van der Waals surface area contributed by atoms with E-state index >= 15 is 0 Å². The Morgan fingerprint density at radius 2 is 1.71 bits per heavy atom. The van der Waals surface area contributed by atoms with Gasteiger partial charge in [0.05, 0.1) is 35.9 Å². The van der Waals surface area contributed by atoms with Gasteiger partial charge in [0.1, 0.15) is 6.54 Å². The van der Waals surface area contributed by atoms with E-state index in [2.05, 4.69) is 10.1 Å². The third-order valence-electron chi connectivity index (χ3n) is 7.44. The molecule has 0 atom stereocenters. The Bertz CT molecular complexity index is 1900. The lowest BCUT2D eigenvalue weighted by atomic mass is 10.1. The van der Waals surface area contributed by atoms with Crippen molar-refractivity contribution in [1.82, 2.24) is 19.1 Å². The Morgan fingerprint density at radius 1 is 1.00 bits per heavy atom. The van der Waals surface area contributed by atoms with E-state index < -0.39 is 17.3 Å². The fourth-order valence-electron chi connectivity index (χ4n) is 5.24. The summed E-state index contributed by atoms with van der Waals surface area (Å²) in [7, 11) is 0. The molecule has 2 aromatic heterocycles. The van der Waals surface area contributed by atoms with Gasteiger partial charge in [0.25, 0.3) is 5.56 Å². The first-order valence-corrected chi connectivity index (χ1v) is 13.4. The van der Waals surface area contributed by atoms with Crippen molar-refractivity contribution in [2.75, 3.05) is 26.3 Å². The molecular formula is C31H26F3N5O3. The van der Waals surface area contributed by atoms with Gasteiger partial charge in [0.15, 0.2) is 5.82 Å². The van der Waals surface area contributed by atoms with E-state index in [-0.39, 0.29) is 29.2 Å². The molecule has 1 saturated heterocycles. The second kappa shape index (κ2) is 10.9. The van der Waals surface area contributed by atoms with Crippen molar-refractivity contribution in [3.63, 3.8) is 0 Å². The molecule has 5 aromatic rings. The number of ether oxygens (including phenoxy) is 1. The third-order valence-corrected chi connectivity index (χ3v) is 7.44. The second-order valence-electron chi connectivity index (χ2n) is 9.99. The number of rotatable bonds is 5. The zero-order valence-corrected chi connectivity index (χ0v) is 22.6. The number of nitrogens with zero attached hydrogens (tertiary/aromatic N) is 5. The van der Waals surface area contributed by atoms with E-state index in [0.29, 0.717) is 37.4 Å². The Morgan fingerprint density at radius 3 is 2.48 bits per heavy atom. The lowest BCUT2D eigenvalue weighted by Crippen LogP contribution is -2.42. The lowest BCUT2D eigenvalue weighted by Gasteiger charge is -2.27. The average molecular weight is 574 g/mol. The lowest BCUT2D eigenvalue weighted by molar-refractivity contribution is -0.137. The topological polar surface area (TPSA) is 81.7 Å². The van der Waals surface area contributed by atoms with E-state index in [1.807, 2.05) is 35.8 Å². The van der Waals surface area contributed by atoms with Crippen LogP contribution < -0.4 is 5.56 Å². The van der Waals surface area contributed by atoms with E-state index in [0.717, 1.165) is 33.4 Å². The van der Waals surface area contributed by atoms with E-state index in [9.17, 15) is 22.8 Å². The molecule has 1 amide bonds. The number of benzene rings is 3. The van der Waals surface area contributed by atoms with Crippen LogP contribution in [-0.4, -0.2) is 57.6 Å². The van der Waals surface area contributed by atoms with Gasteiger partial charge in [-0.3, -0.25) is 9.59 Å². The highest BCUT2D eigenvalue weighted by atomic mass is 19.4. The molecule has 0 aliphatic carbocycles. The van der Waals surface area contributed by atoms with E-state index in [1.165, 1.54) is 18.3 Å². The van der Waals surface area contributed by atoms with Gasteiger partial charge >= 0.3 is 6.18 Å².